The SMILES string of the molecule is CCC(N)Cc1ccc(OC2CCCC2)c(C(F)(F)F)c1. The van der Waals surface area contributed by atoms with E-state index in [1.165, 1.54) is 12.1 Å². The summed E-state index contributed by atoms with van der Waals surface area (Å²) in [5, 5.41) is 0. The second-order valence-corrected chi connectivity index (χ2v) is 5.73. The predicted molar refractivity (Wildman–Crippen MR) is 76.3 cm³/mol. The van der Waals surface area contributed by atoms with E-state index < -0.39 is 11.7 Å². The molecule has 0 aromatic heterocycles. The van der Waals surface area contributed by atoms with Crippen molar-refractivity contribution in [2.24, 2.45) is 5.73 Å². The van der Waals surface area contributed by atoms with Crippen molar-refractivity contribution >= 4 is 0 Å². The lowest BCUT2D eigenvalue weighted by Gasteiger charge is -2.19. The van der Waals surface area contributed by atoms with Gasteiger partial charge in [0.1, 0.15) is 5.75 Å². The van der Waals surface area contributed by atoms with Gasteiger partial charge in [0, 0.05) is 6.04 Å². The molecule has 2 rings (SSSR count). The van der Waals surface area contributed by atoms with Crippen LogP contribution in [0.25, 0.3) is 0 Å². The number of ether oxygens (including phenoxy) is 1. The molecule has 1 saturated carbocycles. The maximum Gasteiger partial charge on any atom is 0.419 e. The van der Waals surface area contributed by atoms with Gasteiger partial charge < -0.3 is 10.5 Å². The van der Waals surface area contributed by atoms with Gasteiger partial charge >= 0.3 is 6.18 Å². The second-order valence-electron chi connectivity index (χ2n) is 5.73. The maximum absolute atomic E-state index is 13.2. The van der Waals surface area contributed by atoms with Crippen LogP contribution in [0.5, 0.6) is 5.75 Å². The summed E-state index contributed by atoms with van der Waals surface area (Å²) >= 11 is 0. The smallest absolute Gasteiger partial charge is 0.419 e. The van der Waals surface area contributed by atoms with E-state index in [9.17, 15) is 13.2 Å². The van der Waals surface area contributed by atoms with Crippen LogP contribution in [-0.2, 0) is 12.6 Å². The van der Waals surface area contributed by atoms with Gasteiger partial charge in [-0.05, 0) is 56.2 Å². The van der Waals surface area contributed by atoms with Crippen LogP contribution in [0.15, 0.2) is 18.2 Å². The van der Waals surface area contributed by atoms with Crippen molar-refractivity contribution in [3.8, 4) is 5.75 Å². The van der Waals surface area contributed by atoms with Crippen LogP contribution in [0.1, 0.15) is 50.2 Å². The molecule has 2 N–H and O–H groups in total. The molecule has 118 valence electrons. The summed E-state index contributed by atoms with van der Waals surface area (Å²) in [4.78, 5) is 0. The predicted octanol–water partition coefficient (Wildman–Crippen LogP) is 4.31. The zero-order chi connectivity index (χ0) is 15.5. The molecular weight excluding hydrogens is 279 g/mol. The third kappa shape index (κ3) is 4.37. The molecule has 1 atom stereocenters. The van der Waals surface area contributed by atoms with Crippen molar-refractivity contribution in [1.29, 1.82) is 0 Å². The van der Waals surface area contributed by atoms with Gasteiger partial charge in [-0.25, -0.2) is 0 Å². The molecule has 0 spiro atoms. The van der Waals surface area contributed by atoms with Gasteiger partial charge in [0.15, 0.2) is 0 Å². The lowest BCUT2D eigenvalue weighted by atomic mass is 10.0. The molecule has 21 heavy (non-hydrogen) atoms. The number of halogens is 3. The van der Waals surface area contributed by atoms with Crippen LogP contribution in [0.2, 0.25) is 0 Å². The fourth-order valence-electron chi connectivity index (χ4n) is 2.66. The molecule has 1 aromatic carbocycles. The third-order valence-corrected chi connectivity index (χ3v) is 3.97. The van der Waals surface area contributed by atoms with Gasteiger partial charge in [-0.3, -0.25) is 0 Å². The molecule has 0 bridgehead atoms. The average Bonchev–Trinajstić information content (AvgIpc) is 2.92. The minimum Gasteiger partial charge on any atom is -0.490 e. The largest absolute Gasteiger partial charge is 0.490 e. The molecule has 1 aliphatic carbocycles. The molecule has 0 radical (unpaired) electrons. The summed E-state index contributed by atoms with van der Waals surface area (Å²) in [6.07, 6.45) is 0.408. The summed E-state index contributed by atoms with van der Waals surface area (Å²) in [7, 11) is 0. The Hall–Kier alpha value is -1.23. The minimum atomic E-state index is -4.40. The van der Waals surface area contributed by atoms with Gasteiger partial charge in [-0.15, -0.1) is 0 Å². The lowest BCUT2D eigenvalue weighted by Crippen LogP contribution is -2.22. The fraction of sp³-hybridized carbons (Fsp3) is 0.625. The van der Waals surface area contributed by atoms with Crippen LogP contribution in [0, 0.1) is 0 Å². The number of alkyl halides is 3. The van der Waals surface area contributed by atoms with E-state index in [1.54, 1.807) is 6.07 Å². The van der Waals surface area contributed by atoms with Crippen molar-refractivity contribution in [2.45, 2.75) is 63.8 Å². The molecule has 0 saturated heterocycles. The van der Waals surface area contributed by atoms with E-state index in [2.05, 4.69) is 0 Å². The monoisotopic (exact) mass is 301 g/mol. The number of hydrogen-bond acceptors (Lipinski definition) is 2. The summed E-state index contributed by atoms with van der Waals surface area (Å²) in [6.45, 7) is 1.92. The average molecular weight is 301 g/mol. The molecule has 2 nitrogen and oxygen atoms in total. The van der Waals surface area contributed by atoms with Crippen LogP contribution < -0.4 is 10.5 Å². The first-order valence-electron chi connectivity index (χ1n) is 7.52. The van der Waals surface area contributed by atoms with Gasteiger partial charge in [0.25, 0.3) is 0 Å². The van der Waals surface area contributed by atoms with Gasteiger partial charge in [-0.1, -0.05) is 13.0 Å². The van der Waals surface area contributed by atoms with Crippen molar-refractivity contribution in [2.75, 3.05) is 0 Å². The van der Waals surface area contributed by atoms with E-state index in [-0.39, 0.29) is 17.9 Å². The Balaban J connectivity index is 2.22. The van der Waals surface area contributed by atoms with Crippen molar-refractivity contribution in [1.82, 2.24) is 0 Å². The molecule has 1 unspecified atom stereocenters. The molecule has 1 fully saturated rings. The zero-order valence-corrected chi connectivity index (χ0v) is 12.2. The summed E-state index contributed by atoms with van der Waals surface area (Å²) < 4.78 is 45.2. The maximum atomic E-state index is 13.2. The zero-order valence-electron chi connectivity index (χ0n) is 12.2. The molecular formula is C16H22F3NO. The van der Waals surface area contributed by atoms with Crippen molar-refractivity contribution < 1.29 is 17.9 Å². The molecule has 0 aliphatic heterocycles. The van der Waals surface area contributed by atoms with Gasteiger partial charge in [0.05, 0.1) is 11.7 Å². The van der Waals surface area contributed by atoms with Gasteiger partial charge in [-0.2, -0.15) is 13.2 Å². The number of benzene rings is 1. The highest BCUT2D eigenvalue weighted by molar-refractivity contribution is 5.40. The van der Waals surface area contributed by atoms with E-state index in [0.29, 0.717) is 12.0 Å². The first-order chi connectivity index (χ1) is 9.90. The highest BCUT2D eigenvalue weighted by atomic mass is 19.4. The standard InChI is InChI=1S/C16H22F3NO/c1-2-12(20)9-11-7-8-15(14(10-11)16(17,18)19)21-13-5-3-4-6-13/h7-8,10,12-13H,2-6,9,20H2,1H3. The molecule has 1 aromatic rings. The van der Waals surface area contributed by atoms with Crippen molar-refractivity contribution in [3.05, 3.63) is 29.3 Å². The lowest BCUT2D eigenvalue weighted by molar-refractivity contribution is -0.139. The van der Waals surface area contributed by atoms with Crippen LogP contribution >= 0.6 is 0 Å². The first kappa shape index (κ1) is 16.1. The first-order valence-corrected chi connectivity index (χ1v) is 7.52. The van der Waals surface area contributed by atoms with Crippen LogP contribution in [0.4, 0.5) is 13.2 Å². The Kier molecular flexibility index (Phi) is 5.14. The molecule has 0 amide bonds. The van der Waals surface area contributed by atoms with Gasteiger partial charge in [0.2, 0.25) is 0 Å². The quantitative estimate of drug-likeness (QED) is 0.879. The number of nitrogens with two attached hydrogens (primary N) is 1. The van der Waals surface area contributed by atoms with Crippen LogP contribution in [-0.4, -0.2) is 12.1 Å². The summed E-state index contributed by atoms with van der Waals surface area (Å²) in [5.74, 6) is -0.0526. The Morgan fingerprint density at radius 2 is 1.95 bits per heavy atom. The second kappa shape index (κ2) is 6.69. The van der Waals surface area contributed by atoms with E-state index in [1.807, 2.05) is 6.92 Å². The van der Waals surface area contributed by atoms with E-state index in [0.717, 1.165) is 32.1 Å². The molecule has 0 heterocycles. The Labute approximate surface area is 123 Å². The minimum absolute atomic E-state index is 0.0526. The Morgan fingerprint density at radius 1 is 1.29 bits per heavy atom. The van der Waals surface area contributed by atoms with Crippen LogP contribution in [0.3, 0.4) is 0 Å². The highest BCUT2D eigenvalue weighted by Crippen LogP contribution is 2.38. The Bertz CT molecular complexity index is 467. The summed E-state index contributed by atoms with van der Waals surface area (Å²) in [5.41, 5.74) is 5.74. The third-order valence-electron chi connectivity index (χ3n) is 3.97. The molecule has 5 heteroatoms. The number of rotatable bonds is 5. The fourth-order valence-corrected chi connectivity index (χ4v) is 2.66. The molecule has 1 aliphatic rings. The Morgan fingerprint density at radius 3 is 2.52 bits per heavy atom. The number of hydrogen-bond donors (Lipinski definition) is 1. The normalized spacial score (nSPS) is 18.0. The van der Waals surface area contributed by atoms with E-state index in [4.69, 9.17) is 10.5 Å². The van der Waals surface area contributed by atoms with Crippen molar-refractivity contribution in [3.63, 3.8) is 0 Å². The topological polar surface area (TPSA) is 35.2 Å². The summed E-state index contributed by atoms with van der Waals surface area (Å²) in [6, 6.07) is 4.20. The van der Waals surface area contributed by atoms with E-state index >= 15 is 0 Å². The highest BCUT2D eigenvalue weighted by Gasteiger charge is 2.35.